The van der Waals surface area contributed by atoms with E-state index in [1.165, 1.54) is 28.3 Å². The Hall–Kier alpha value is -2.51. The molecule has 8 heteroatoms. The highest BCUT2D eigenvalue weighted by molar-refractivity contribution is 7.15. The lowest BCUT2D eigenvalue weighted by Crippen LogP contribution is -2.28. The van der Waals surface area contributed by atoms with E-state index in [2.05, 4.69) is 15.3 Å². The maximum Gasteiger partial charge on any atom is 0.347 e. The van der Waals surface area contributed by atoms with Crippen molar-refractivity contribution in [3.63, 3.8) is 0 Å². The number of benzene rings is 1. The van der Waals surface area contributed by atoms with E-state index >= 15 is 0 Å². The van der Waals surface area contributed by atoms with Crippen LogP contribution in [0.2, 0.25) is 5.02 Å². The fourth-order valence-corrected chi connectivity index (χ4v) is 3.39. The molecular formula is C17H15ClN4O2S. The van der Waals surface area contributed by atoms with E-state index in [1.807, 2.05) is 25.1 Å². The quantitative estimate of drug-likeness (QED) is 0.745. The normalized spacial score (nSPS) is 10.6. The number of rotatable bonds is 5. The number of amides is 1. The molecule has 25 heavy (non-hydrogen) atoms. The van der Waals surface area contributed by atoms with Crippen LogP contribution in [-0.4, -0.2) is 20.4 Å². The number of hydrogen-bond acceptors (Lipinski definition) is 5. The third kappa shape index (κ3) is 4.52. The van der Waals surface area contributed by atoms with Gasteiger partial charge in [0.2, 0.25) is 5.91 Å². The summed E-state index contributed by atoms with van der Waals surface area (Å²) in [5.74, 6) is -0.321. The summed E-state index contributed by atoms with van der Waals surface area (Å²) in [6.45, 7) is 1.91. The molecule has 0 aliphatic carbocycles. The van der Waals surface area contributed by atoms with Gasteiger partial charge in [-0.25, -0.2) is 14.8 Å². The number of halogens is 1. The Bertz CT molecular complexity index is 967. The lowest BCUT2D eigenvalue weighted by molar-refractivity contribution is -0.116. The standard InChI is InChI=1S/C17H15ClN4O2S/c1-11-7-13(18)4-3-12(11)8-14-9-20-16(25-14)21-15(23)10-22-6-2-5-19-17(22)24/h2-7,9H,8,10H2,1H3,(H,20,21,23). The van der Waals surface area contributed by atoms with Crippen LogP contribution in [0.4, 0.5) is 5.13 Å². The summed E-state index contributed by atoms with van der Waals surface area (Å²) in [4.78, 5) is 32.4. The van der Waals surface area contributed by atoms with Gasteiger partial charge in [-0.2, -0.15) is 0 Å². The van der Waals surface area contributed by atoms with Gasteiger partial charge in [0.05, 0.1) is 0 Å². The SMILES string of the molecule is Cc1cc(Cl)ccc1Cc1cnc(NC(=O)Cn2cccnc2=O)s1. The van der Waals surface area contributed by atoms with E-state index in [4.69, 9.17) is 11.6 Å². The predicted molar refractivity (Wildman–Crippen MR) is 98.2 cm³/mol. The minimum absolute atomic E-state index is 0.0993. The monoisotopic (exact) mass is 374 g/mol. The summed E-state index contributed by atoms with van der Waals surface area (Å²) < 4.78 is 1.24. The predicted octanol–water partition coefficient (Wildman–Crippen LogP) is 2.89. The molecule has 6 nitrogen and oxygen atoms in total. The minimum atomic E-state index is -0.462. The number of carbonyl (C=O) groups excluding carboxylic acids is 1. The van der Waals surface area contributed by atoms with E-state index in [-0.39, 0.29) is 12.5 Å². The van der Waals surface area contributed by atoms with Crippen molar-refractivity contribution in [1.82, 2.24) is 14.5 Å². The summed E-state index contributed by atoms with van der Waals surface area (Å²) in [7, 11) is 0. The molecule has 0 spiro atoms. The van der Waals surface area contributed by atoms with Crippen molar-refractivity contribution in [1.29, 1.82) is 0 Å². The summed E-state index contributed by atoms with van der Waals surface area (Å²) in [5, 5.41) is 3.92. The first kappa shape index (κ1) is 17.3. The Morgan fingerprint density at radius 2 is 2.20 bits per heavy atom. The Balaban J connectivity index is 1.64. The van der Waals surface area contributed by atoms with Crippen LogP contribution in [0.3, 0.4) is 0 Å². The maximum atomic E-state index is 12.0. The molecule has 2 heterocycles. The van der Waals surface area contributed by atoms with Gasteiger partial charge in [-0.3, -0.25) is 9.36 Å². The van der Waals surface area contributed by atoms with Crippen LogP contribution in [-0.2, 0) is 17.8 Å². The number of nitrogens with one attached hydrogen (secondary N) is 1. The van der Waals surface area contributed by atoms with Gasteiger partial charge in [-0.05, 0) is 36.2 Å². The second-order valence-electron chi connectivity index (χ2n) is 5.46. The zero-order valence-corrected chi connectivity index (χ0v) is 15.0. The number of anilines is 1. The molecular weight excluding hydrogens is 360 g/mol. The van der Waals surface area contributed by atoms with Crippen molar-refractivity contribution in [2.24, 2.45) is 0 Å². The lowest BCUT2D eigenvalue weighted by Gasteiger charge is -2.04. The number of aryl methyl sites for hydroxylation is 1. The number of nitrogens with zero attached hydrogens (tertiary/aromatic N) is 3. The molecule has 1 amide bonds. The molecule has 0 saturated heterocycles. The fourth-order valence-electron chi connectivity index (χ4n) is 2.31. The third-order valence-corrected chi connectivity index (χ3v) is 4.71. The van der Waals surface area contributed by atoms with Crippen LogP contribution in [0.1, 0.15) is 16.0 Å². The van der Waals surface area contributed by atoms with Crippen LogP contribution >= 0.6 is 22.9 Å². The zero-order chi connectivity index (χ0) is 17.8. The second kappa shape index (κ2) is 7.58. The summed E-state index contributed by atoms with van der Waals surface area (Å²) >= 11 is 7.38. The van der Waals surface area contributed by atoms with Crippen molar-refractivity contribution < 1.29 is 4.79 Å². The first-order chi connectivity index (χ1) is 12.0. The number of hydrogen-bond donors (Lipinski definition) is 1. The largest absolute Gasteiger partial charge is 0.347 e. The highest BCUT2D eigenvalue weighted by Gasteiger charge is 2.10. The molecule has 3 rings (SSSR count). The molecule has 0 fully saturated rings. The molecule has 0 atom stereocenters. The summed E-state index contributed by atoms with van der Waals surface area (Å²) in [6, 6.07) is 7.38. The van der Waals surface area contributed by atoms with Crippen molar-refractivity contribution in [2.75, 3.05) is 5.32 Å². The number of thiazole rings is 1. The van der Waals surface area contributed by atoms with E-state index in [1.54, 1.807) is 12.3 Å². The maximum absolute atomic E-state index is 12.0. The Morgan fingerprint density at radius 1 is 1.36 bits per heavy atom. The Labute approximate surface area is 153 Å². The van der Waals surface area contributed by atoms with Crippen molar-refractivity contribution >= 4 is 34.0 Å². The topological polar surface area (TPSA) is 76.9 Å². The average molecular weight is 375 g/mol. The van der Waals surface area contributed by atoms with Gasteiger partial charge in [0, 0.05) is 34.9 Å². The first-order valence-electron chi connectivity index (χ1n) is 7.52. The van der Waals surface area contributed by atoms with Crippen LogP contribution in [0, 0.1) is 6.92 Å². The molecule has 3 aromatic rings. The van der Waals surface area contributed by atoms with Gasteiger partial charge in [-0.15, -0.1) is 11.3 Å². The van der Waals surface area contributed by atoms with Gasteiger partial charge in [0.15, 0.2) is 5.13 Å². The Morgan fingerprint density at radius 3 is 2.96 bits per heavy atom. The second-order valence-corrected chi connectivity index (χ2v) is 7.01. The van der Waals surface area contributed by atoms with Crippen LogP contribution < -0.4 is 11.0 Å². The summed E-state index contributed by atoms with van der Waals surface area (Å²) in [5.41, 5.74) is 1.81. The van der Waals surface area contributed by atoms with Crippen molar-refractivity contribution in [3.8, 4) is 0 Å². The molecule has 1 N–H and O–H groups in total. The highest BCUT2D eigenvalue weighted by atomic mass is 35.5. The molecule has 0 aliphatic heterocycles. The molecule has 2 aromatic heterocycles. The molecule has 0 unspecified atom stereocenters. The van der Waals surface area contributed by atoms with Crippen molar-refractivity contribution in [2.45, 2.75) is 19.9 Å². The van der Waals surface area contributed by atoms with Crippen LogP contribution in [0.15, 0.2) is 47.7 Å². The number of carbonyl (C=O) groups is 1. The van der Waals surface area contributed by atoms with E-state index in [9.17, 15) is 9.59 Å². The van der Waals surface area contributed by atoms with E-state index in [0.29, 0.717) is 10.2 Å². The van der Waals surface area contributed by atoms with Gasteiger partial charge in [0.1, 0.15) is 6.54 Å². The van der Waals surface area contributed by atoms with Gasteiger partial charge < -0.3 is 5.32 Å². The molecule has 0 bridgehead atoms. The van der Waals surface area contributed by atoms with Crippen molar-refractivity contribution in [3.05, 3.63) is 74.4 Å². The lowest BCUT2D eigenvalue weighted by atomic mass is 10.1. The smallest absolute Gasteiger partial charge is 0.300 e. The molecule has 0 radical (unpaired) electrons. The van der Waals surface area contributed by atoms with Gasteiger partial charge in [0.25, 0.3) is 0 Å². The van der Waals surface area contributed by atoms with Gasteiger partial charge in [-0.1, -0.05) is 17.7 Å². The van der Waals surface area contributed by atoms with Crippen LogP contribution in [0.25, 0.3) is 0 Å². The number of aromatic nitrogens is 3. The highest BCUT2D eigenvalue weighted by Crippen LogP contribution is 2.24. The molecule has 1 aromatic carbocycles. The zero-order valence-electron chi connectivity index (χ0n) is 13.4. The van der Waals surface area contributed by atoms with Crippen LogP contribution in [0.5, 0.6) is 0 Å². The molecule has 128 valence electrons. The Kier molecular flexibility index (Phi) is 5.25. The summed E-state index contributed by atoms with van der Waals surface area (Å²) in [6.07, 6.45) is 5.37. The van der Waals surface area contributed by atoms with E-state index in [0.717, 1.165) is 22.4 Å². The third-order valence-electron chi connectivity index (χ3n) is 3.57. The van der Waals surface area contributed by atoms with Gasteiger partial charge >= 0.3 is 5.69 Å². The molecule has 0 saturated carbocycles. The fraction of sp³-hybridized carbons (Fsp3) is 0.176. The van der Waals surface area contributed by atoms with E-state index < -0.39 is 5.69 Å². The minimum Gasteiger partial charge on any atom is -0.300 e. The molecule has 0 aliphatic rings. The first-order valence-corrected chi connectivity index (χ1v) is 8.72. The average Bonchev–Trinajstić information content (AvgIpc) is 2.99.